The quantitative estimate of drug-likeness (QED) is 0.795. The van der Waals surface area contributed by atoms with Crippen LogP contribution >= 0.6 is 39.1 Å². The fourth-order valence-electron chi connectivity index (χ4n) is 1.36. The Morgan fingerprint density at radius 2 is 2.05 bits per heavy atom. The van der Waals surface area contributed by atoms with E-state index in [0.29, 0.717) is 4.47 Å². The normalized spacial score (nSPS) is 10.3. The maximum Gasteiger partial charge on any atom is 0.258 e. The fourth-order valence-corrected chi connectivity index (χ4v) is 2.05. The van der Waals surface area contributed by atoms with E-state index < -0.39 is 11.7 Å². The molecule has 1 aromatic heterocycles. The highest BCUT2D eigenvalue weighted by atomic mass is 79.9. The molecule has 3 nitrogen and oxygen atoms in total. The maximum atomic E-state index is 13.1. The summed E-state index contributed by atoms with van der Waals surface area (Å²) < 4.78 is 13.7. The van der Waals surface area contributed by atoms with Crippen LogP contribution in [0.2, 0.25) is 10.2 Å². The number of hydrogen-bond donors (Lipinski definition) is 1. The molecule has 1 amide bonds. The SMILES string of the molecule is O=C(Nc1cc(F)ccc1Cl)c1cc(Br)cnc1Cl. The predicted octanol–water partition coefficient (Wildman–Crippen LogP) is 4.54. The Labute approximate surface area is 126 Å². The first kappa shape index (κ1) is 14.2. The van der Waals surface area contributed by atoms with Gasteiger partial charge >= 0.3 is 0 Å². The number of carbonyl (C=O) groups is 1. The highest BCUT2D eigenvalue weighted by Crippen LogP contribution is 2.24. The molecule has 0 aliphatic carbocycles. The van der Waals surface area contributed by atoms with Crippen LogP contribution in [0.3, 0.4) is 0 Å². The Morgan fingerprint density at radius 3 is 2.79 bits per heavy atom. The van der Waals surface area contributed by atoms with Gasteiger partial charge in [0.1, 0.15) is 11.0 Å². The number of hydrogen-bond acceptors (Lipinski definition) is 2. The molecule has 1 heterocycles. The monoisotopic (exact) mass is 362 g/mol. The highest BCUT2D eigenvalue weighted by Gasteiger charge is 2.14. The summed E-state index contributed by atoms with van der Waals surface area (Å²) >= 11 is 14.9. The number of carbonyl (C=O) groups excluding carboxylic acids is 1. The molecular weight excluding hydrogens is 358 g/mol. The second-order valence-corrected chi connectivity index (χ2v) is 5.25. The molecule has 0 atom stereocenters. The molecule has 1 aromatic carbocycles. The van der Waals surface area contributed by atoms with Crippen molar-refractivity contribution in [3.63, 3.8) is 0 Å². The van der Waals surface area contributed by atoms with Crippen LogP contribution in [0.5, 0.6) is 0 Å². The first-order valence-corrected chi connectivity index (χ1v) is 6.59. The lowest BCUT2D eigenvalue weighted by molar-refractivity contribution is 0.102. The molecule has 0 saturated heterocycles. The van der Waals surface area contributed by atoms with Crippen LogP contribution in [0.25, 0.3) is 0 Å². The van der Waals surface area contributed by atoms with E-state index in [0.717, 1.165) is 6.07 Å². The van der Waals surface area contributed by atoms with Gasteiger partial charge in [-0.15, -0.1) is 0 Å². The van der Waals surface area contributed by atoms with E-state index in [1.807, 2.05) is 0 Å². The van der Waals surface area contributed by atoms with Crippen molar-refractivity contribution < 1.29 is 9.18 Å². The molecule has 2 rings (SSSR count). The molecule has 98 valence electrons. The van der Waals surface area contributed by atoms with Crippen molar-refractivity contribution in [3.8, 4) is 0 Å². The van der Waals surface area contributed by atoms with Gasteiger partial charge in [0.2, 0.25) is 0 Å². The van der Waals surface area contributed by atoms with Gasteiger partial charge in [-0.25, -0.2) is 9.37 Å². The zero-order chi connectivity index (χ0) is 14.0. The van der Waals surface area contributed by atoms with Crippen molar-refractivity contribution in [1.29, 1.82) is 0 Å². The predicted molar refractivity (Wildman–Crippen MR) is 76.3 cm³/mol. The van der Waals surface area contributed by atoms with Crippen LogP contribution in [-0.2, 0) is 0 Å². The van der Waals surface area contributed by atoms with E-state index >= 15 is 0 Å². The third-order valence-electron chi connectivity index (χ3n) is 2.23. The lowest BCUT2D eigenvalue weighted by atomic mass is 10.2. The van der Waals surface area contributed by atoms with Crippen LogP contribution in [0.15, 0.2) is 34.9 Å². The van der Waals surface area contributed by atoms with Crippen molar-refractivity contribution in [2.75, 3.05) is 5.32 Å². The van der Waals surface area contributed by atoms with Crippen molar-refractivity contribution in [3.05, 3.63) is 56.5 Å². The van der Waals surface area contributed by atoms with Crippen molar-refractivity contribution >= 4 is 50.7 Å². The van der Waals surface area contributed by atoms with Gasteiger partial charge in [-0.2, -0.15) is 0 Å². The van der Waals surface area contributed by atoms with Crippen LogP contribution < -0.4 is 5.32 Å². The molecule has 0 bridgehead atoms. The Balaban J connectivity index is 2.30. The second-order valence-electron chi connectivity index (χ2n) is 3.57. The average molecular weight is 364 g/mol. The standard InChI is InChI=1S/C12H6BrCl2FN2O/c13-6-3-8(11(15)17-5-6)12(19)18-10-4-7(16)1-2-9(10)14/h1-5H,(H,18,19). The fraction of sp³-hybridized carbons (Fsp3) is 0. The molecule has 0 saturated carbocycles. The van der Waals surface area contributed by atoms with E-state index in [4.69, 9.17) is 23.2 Å². The molecule has 0 fully saturated rings. The first-order chi connectivity index (χ1) is 8.97. The Bertz CT molecular complexity index is 652. The van der Waals surface area contributed by atoms with Gasteiger partial charge in [-0.05, 0) is 40.2 Å². The van der Waals surface area contributed by atoms with Gasteiger partial charge in [0.15, 0.2) is 0 Å². The lowest BCUT2D eigenvalue weighted by Crippen LogP contribution is -2.13. The number of benzene rings is 1. The van der Waals surface area contributed by atoms with Gasteiger partial charge in [0, 0.05) is 10.7 Å². The van der Waals surface area contributed by atoms with Crippen molar-refractivity contribution in [2.45, 2.75) is 0 Å². The van der Waals surface area contributed by atoms with E-state index in [9.17, 15) is 9.18 Å². The Morgan fingerprint density at radius 1 is 1.32 bits per heavy atom. The number of anilines is 1. The van der Waals surface area contributed by atoms with Gasteiger partial charge in [0.25, 0.3) is 5.91 Å². The summed E-state index contributed by atoms with van der Waals surface area (Å²) in [5.74, 6) is -1.02. The number of pyridine rings is 1. The van der Waals surface area contributed by atoms with E-state index in [1.165, 1.54) is 24.4 Å². The Kier molecular flexibility index (Phi) is 4.39. The summed E-state index contributed by atoms with van der Waals surface area (Å²) in [5, 5.41) is 2.76. The van der Waals surface area contributed by atoms with Crippen LogP contribution in [0.1, 0.15) is 10.4 Å². The maximum absolute atomic E-state index is 13.1. The number of aromatic nitrogens is 1. The summed E-state index contributed by atoms with van der Waals surface area (Å²) in [6.45, 7) is 0. The summed E-state index contributed by atoms with van der Waals surface area (Å²) in [4.78, 5) is 15.8. The Hall–Kier alpha value is -1.17. The number of rotatable bonds is 2. The molecule has 0 aliphatic heterocycles. The largest absolute Gasteiger partial charge is 0.320 e. The number of nitrogens with one attached hydrogen (secondary N) is 1. The minimum atomic E-state index is -0.522. The summed E-state index contributed by atoms with van der Waals surface area (Å²) in [5.41, 5.74) is 0.332. The minimum Gasteiger partial charge on any atom is -0.320 e. The summed E-state index contributed by atoms with van der Waals surface area (Å²) in [7, 11) is 0. The third kappa shape index (κ3) is 3.43. The first-order valence-electron chi connectivity index (χ1n) is 5.05. The van der Waals surface area contributed by atoms with Crippen molar-refractivity contribution in [1.82, 2.24) is 4.98 Å². The molecular formula is C12H6BrCl2FN2O. The molecule has 0 spiro atoms. The van der Waals surface area contributed by atoms with E-state index in [-0.39, 0.29) is 21.4 Å². The van der Waals surface area contributed by atoms with Gasteiger partial charge in [0.05, 0.1) is 16.3 Å². The highest BCUT2D eigenvalue weighted by molar-refractivity contribution is 9.10. The topological polar surface area (TPSA) is 42.0 Å². The van der Waals surface area contributed by atoms with Crippen molar-refractivity contribution in [2.24, 2.45) is 0 Å². The smallest absolute Gasteiger partial charge is 0.258 e. The zero-order valence-electron chi connectivity index (χ0n) is 9.25. The molecule has 1 N–H and O–H groups in total. The third-order valence-corrected chi connectivity index (χ3v) is 3.29. The lowest BCUT2D eigenvalue weighted by Gasteiger charge is -2.08. The van der Waals surface area contributed by atoms with Crippen LogP contribution in [0.4, 0.5) is 10.1 Å². The van der Waals surface area contributed by atoms with Gasteiger partial charge in [-0.1, -0.05) is 23.2 Å². The molecule has 2 aromatic rings. The zero-order valence-corrected chi connectivity index (χ0v) is 12.4. The summed E-state index contributed by atoms with van der Waals surface area (Å²) in [6.07, 6.45) is 1.47. The van der Waals surface area contributed by atoms with Gasteiger partial charge in [-0.3, -0.25) is 4.79 Å². The molecule has 0 aliphatic rings. The average Bonchev–Trinajstić information content (AvgIpc) is 2.36. The van der Waals surface area contributed by atoms with Crippen LogP contribution in [0, 0.1) is 5.82 Å². The van der Waals surface area contributed by atoms with Crippen LogP contribution in [-0.4, -0.2) is 10.9 Å². The molecule has 19 heavy (non-hydrogen) atoms. The van der Waals surface area contributed by atoms with E-state index in [1.54, 1.807) is 0 Å². The minimum absolute atomic E-state index is 0.0493. The number of amides is 1. The molecule has 0 unspecified atom stereocenters. The number of nitrogens with zero attached hydrogens (tertiary/aromatic N) is 1. The molecule has 0 radical (unpaired) electrons. The number of halogens is 4. The van der Waals surface area contributed by atoms with Gasteiger partial charge < -0.3 is 5.32 Å². The van der Waals surface area contributed by atoms with E-state index in [2.05, 4.69) is 26.2 Å². The second kappa shape index (κ2) is 5.86. The summed E-state index contributed by atoms with van der Waals surface area (Å²) in [6, 6.07) is 5.19. The molecule has 7 heteroatoms.